The molecule has 0 fully saturated rings. The smallest absolute Gasteiger partial charge is 0.251 e. The molecule has 2 aromatic carbocycles. The highest BCUT2D eigenvalue weighted by atomic mass is 16.2. The number of carbonyl (C=O) groups excluding carboxylic acids is 2. The molecular weight excluding hydrogens is 326 g/mol. The Hall–Kier alpha value is -3.47. The molecule has 0 saturated heterocycles. The number of aryl methyl sites for hydroxylation is 1. The van der Waals surface area contributed by atoms with Gasteiger partial charge >= 0.3 is 0 Å². The van der Waals surface area contributed by atoms with Crippen molar-refractivity contribution in [2.24, 2.45) is 5.73 Å². The standard InChI is InChI=1S/C21H19N3O2/c1-14-11-18(9-10-23-14)16-5-7-17(8-6-16)21(26)24-13-15-3-2-4-19(12-15)20(22)25/h2-12H,13H2,1H3,(H2,22,25)(H,24,26). The maximum atomic E-state index is 12.3. The molecule has 2 amide bonds. The molecule has 26 heavy (non-hydrogen) atoms. The Morgan fingerprint density at radius 1 is 0.962 bits per heavy atom. The molecular formula is C21H19N3O2. The fraction of sp³-hybridized carbons (Fsp3) is 0.0952. The predicted molar refractivity (Wildman–Crippen MR) is 101 cm³/mol. The first-order chi connectivity index (χ1) is 12.5. The van der Waals surface area contributed by atoms with Gasteiger partial charge in [0.05, 0.1) is 0 Å². The number of carbonyl (C=O) groups is 2. The molecule has 0 saturated carbocycles. The van der Waals surface area contributed by atoms with Gasteiger partial charge in [0.2, 0.25) is 5.91 Å². The van der Waals surface area contributed by atoms with Gasteiger partial charge in [-0.2, -0.15) is 0 Å². The summed E-state index contributed by atoms with van der Waals surface area (Å²) in [5.41, 5.74) is 10.1. The maximum Gasteiger partial charge on any atom is 0.251 e. The van der Waals surface area contributed by atoms with E-state index in [2.05, 4.69) is 10.3 Å². The minimum atomic E-state index is -0.486. The first-order valence-electron chi connectivity index (χ1n) is 8.23. The lowest BCUT2D eigenvalue weighted by Crippen LogP contribution is -2.23. The van der Waals surface area contributed by atoms with Gasteiger partial charge in [-0.1, -0.05) is 24.3 Å². The van der Waals surface area contributed by atoms with Crippen molar-refractivity contribution < 1.29 is 9.59 Å². The van der Waals surface area contributed by atoms with Gasteiger partial charge in [0.15, 0.2) is 0 Å². The van der Waals surface area contributed by atoms with Gasteiger partial charge in [0.1, 0.15) is 0 Å². The van der Waals surface area contributed by atoms with E-state index in [4.69, 9.17) is 5.73 Å². The summed E-state index contributed by atoms with van der Waals surface area (Å²) < 4.78 is 0. The van der Waals surface area contributed by atoms with Gasteiger partial charge in [-0.05, 0) is 60.0 Å². The molecule has 3 rings (SSSR count). The van der Waals surface area contributed by atoms with Crippen LogP contribution in [0.3, 0.4) is 0 Å². The normalized spacial score (nSPS) is 10.3. The van der Waals surface area contributed by atoms with Crippen LogP contribution in [0, 0.1) is 6.92 Å². The van der Waals surface area contributed by atoms with Crippen molar-refractivity contribution in [2.45, 2.75) is 13.5 Å². The van der Waals surface area contributed by atoms with E-state index in [0.29, 0.717) is 17.7 Å². The first-order valence-corrected chi connectivity index (χ1v) is 8.23. The summed E-state index contributed by atoms with van der Waals surface area (Å²) in [6.07, 6.45) is 1.77. The number of rotatable bonds is 5. The lowest BCUT2D eigenvalue weighted by atomic mass is 10.0. The SMILES string of the molecule is Cc1cc(-c2ccc(C(=O)NCc3cccc(C(N)=O)c3)cc2)ccn1. The van der Waals surface area contributed by atoms with Gasteiger partial charge in [-0.25, -0.2) is 0 Å². The number of nitrogens with two attached hydrogens (primary N) is 1. The number of benzene rings is 2. The van der Waals surface area contributed by atoms with E-state index in [0.717, 1.165) is 22.4 Å². The summed E-state index contributed by atoms with van der Waals surface area (Å²) in [4.78, 5) is 27.7. The largest absolute Gasteiger partial charge is 0.366 e. The van der Waals surface area contributed by atoms with E-state index in [1.54, 1.807) is 36.5 Å². The highest BCUT2D eigenvalue weighted by Gasteiger charge is 2.07. The fourth-order valence-electron chi connectivity index (χ4n) is 2.66. The highest BCUT2D eigenvalue weighted by Crippen LogP contribution is 2.20. The molecule has 0 radical (unpaired) electrons. The first kappa shape index (κ1) is 17.4. The van der Waals surface area contributed by atoms with Crippen LogP contribution in [0.5, 0.6) is 0 Å². The highest BCUT2D eigenvalue weighted by molar-refractivity contribution is 5.95. The van der Waals surface area contributed by atoms with E-state index in [9.17, 15) is 9.59 Å². The average Bonchev–Trinajstić information content (AvgIpc) is 2.66. The van der Waals surface area contributed by atoms with Crippen LogP contribution in [0.2, 0.25) is 0 Å². The van der Waals surface area contributed by atoms with Crippen LogP contribution in [0.1, 0.15) is 32.0 Å². The summed E-state index contributed by atoms with van der Waals surface area (Å²) >= 11 is 0. The molecule has 3 N–H and O–H groups in total. The second-order valence-corrected chi connectivity index (χ2v) is 6.01. The molecule has 3 aromatic rings. The molecule has 0 aliphatic heterocycles. The van der Waals surface area contributed by atoms with E-state index in [-0.39, 0.29) is 5.91 Å². The maximum absolute atomic E-state index is 12.3. The molecule has 0 unspecified atom stereocenters. The van der Waals surface area contributed by atoms with Gasteiger partial charge in [-0.3, -0.25) is 14.6 Å². The molecule has 1 heterocycles. The minimum Gasteiger partial charge on any atom is -0.366 e. The molecule has 0 atom stereocenters. The number of nitrogens with zero attached hydrogens (tertiary/aromatic N) is 1. The number of nitrogens with one attached hydrogen (secondary N) is 1. The Balaban J connectivity index is 1.67. The van der Waals surface area contributed by atoms with Crippen molar-refractivity contribution in [2.75, 3.05) is 0 Å². The summed E-state index contributed by atoms with van der Waals surface area (Å²) in [5, 5.41) is 2.85. The molecule has 1 aromatic heterocycles. The van der Waals surface area contributed by atoms with Crippen LogP contribution >= 0.6 is 0 Å². The predicted octanol–water partition coefficient (Wildman–Crippen LogP) is 3.09. The molecule has 0 aliphatic carbocycles. The third kappa shape index (κ3) is 4.13. The van der Waals surface area contributed by atoms with Crippen LogP contribution in [0.15, 0.2) is 66.9 Å². The third-order valence-corrected chi connectivity index (χ3v) is 4.04. The Bertz CT molecular complexity index is 949. The van der Waals surface area contributed by atoms with Gasteiger partial charge in [0.25, 0.3) is 5.91 Å². The van der Waals surface area contributed by atoms with Crippen LogP contribution in [0.4, 0.5) is 0 Å². The van der Waals surface area contributed by atoms with Gasteiger partial charge < -0.3 is 11.1 Å². The van der Waals surface area contributed by atoms with Gasteiger partial charge in [-0.15, -0.1) is 0 Å². The summed E-state index contributed by atoms with van der Waals surface area (Å²) in [7, 11) is 0. The minimum absolute atomic E-state index is 0.174. The zero-order chi connectivity index (χ0) is 18.5. The van der Waals surface area contributed by atoms with Crippen LogP contribution in [-0.2, 0) is 6.54 Å². The molecule has 0 bridgehead atoms. The van der Waals surface area contributed by atoms with Crippen molar-refractivity contribution in [3.63, 3.8) is 0 Å². The van der Waals surface area contributed by atoms with Crippen molar-refractivity contribution in [1.29, 1.82) is 0 Å². The number of amides is 2. The third-order valence-electron chi connectivity index (χ3n) is 4.04. The van der Waals surface area contributed by atoms with Crippen molar-refractivity contribution in [3.05, 3.63) is 89.2 Å². The summed E-state index contributed by atoms with van der Waals surface area (Å²) in [6.45, 7) is 2.27. The molecule has 5 nitrogen and oxygen atoms in total. The van der Waals surface area contributed by atoms with Gasteiger partial charge in [0, 0.05) is 29.6 Å². The lowest BCUT2D eigenvalue weighted by Gasteiger charge is -2.08. The number of hydrogen-bond acceptors (Lipinski definition) is 3. The Kier molecular flexibility index (Phi) is 5.08. The van der Waals surface area contributed by atoms with Crippen molar-refractivity contribution in [3.8, 4) is 11.1 Å². The molecule has 130 valence electrons. The number of primary amides is 1. The van der Waals surface area contributed by atoms with Crippen molar-refractivity contribution in [1.82, 2.24) is 10.3 Å². The van der Waals surface area contributed by atoms with E-state index < -0.39 is 5.91 Å². The Morgan fingerprint density at radius 3 is 2.42 bits per heavy atom. The van der Waals surface area contributed by atoms with Crippen LogP contribution < -0.4 is 11.1 Å². The second-order valence-electron chi connectivity index (χ2n) is 6.01. The number of hydrogen-bond donors (Lipinski definition) is 2. The van der Waals surface area contributed by atoms with Crippen LogP contribution in [-0.4, -0.2) is 16.8 Å². The Morgan fingerprint density at radius 2 is 1.73 bits per heavy atom. The molecule has 0 aliphatic rings. The summed E-state index contributed by atoms with van der Waals surface area (Å²) in [6, 6.07) is 18.3. The zero-order valence-corrected chi connectivity index (χ0v) is 14.4. The fourth-order valence-corrected chi connectivity index (χ4v) is 2.66. The van der Waals surface area contributed by atoms with E-state index >= 15 is 0 Å². The van der Waals surface area contributed by atoms with Crippen LogP contribution in [0.25, 0.3) is 11.1 Å². The Labute approximate surface area is 151 Å². The topological polar surface area (TPSA) is 85.1 Å². The van der Waals surface area contributed by atoms with Crippen molar-refractivity contribution >= 4 is 11.8 Å². The van der Waals surface area contributed by atoms with E-state index in [1.807, 2.05) is 37.3 Å². The second kappa shape index (κ2) is 7.61. The molecule has 5 heteroatoms. The lowest BCUT2D eigenvalue weighted by molar-refractivity contribution is 0.0950. The quantitative estimate of drug-likeness (QED) is 0.745. The van der Waals surface area contributed by atoms with E-state index in [1.165, 1.54) is 0 Å². The molecule has 0 spiro atoms. The number of pyridine rings is 1. The number of aromatic nitrogens is 1. The summed E-state index contributed by atoms with van der Waals surface area (Å²) in [5.74, 6) is -0.660. The monoisotopic (exact) mass is 345 g/mol. The zero-order valence-electron chi connectivity index (χ0n) is 14.4. The average molecular weight is 345 g/mol.